The van der Waals surface area contributed by atoms with E-state index in [-0.39, 0.29) is 18.9 Å². The number of rotatable bonds is 6. The quantitative estimate of drug-likeness (QED) is 0.503. The molecule has 3 rings (SSSR count). The molecule has 3 aromatic rings. The summed E-state index contributed by atoms with van der Waals surface area (Å²) in [6, 6.07) is 12.6. The fourth-order valence-corrected chi connectivity index (χ4v) is 2.70. The van der Waals surface area contributed by atoms with Crippen molar-refractivity contribution < 1.29 is 18.7 Å². The number of nitrogens with one attached hydrogen (secondary N) is 3. The molecule has 1 heterocycles. The number of hydrogen-bond acceptors (Lipinski definition) is 6. The van der Waals surface area contributed by atoms with E-state index in [1.54, 1.807) is 63.2 Å². The van der Waals surface area contributed by atoms with Crippen LogP contribution in [-0.4, -0.2) is 29.1 Å². The average molecular weight is 431 g/mol. The van der Waals surface area contributed by atoms with Gasteiger partial charge in [0.2, 0.25) is 5.91 Å². The zero-order valence-electron chi connectivity index (χ0n) is 16.9. The van der Waals surface area contributed by atoms with Gasteiger partial charge >= 0.3 is 6.09 Å². The largest absolute Gasteiger partial charge is 0.444 e. The molecule has 0 unspecified atom stereocenters. The first-order valence-corrected chi connectivity index (χ1v) is 9.76. The van der Waals surface area contributed by atoms with Crippen molar-refractivity contribution >= 4 is 52.1 Å². The Balaban J connectivity index is 1.47. The summed E-state index contributed by atoms with van der Waals surface area (Å²) in [4.78, 5) is 27.9. The van der Waals surface area contributed by atoms with Crippen LogP contribution in [0.4, 0.5) is 22.2 Å². The molecule has 158 valence electrons. The third-order valence-electron chi connectivity index (χ3n) is 3.79. The predicted molar refractivity (Wildman–Crippen MR) is 116 cm³/mol. The molecular weight excluding hydrogens is 408 g/mol. The third kappa shape index (κ3) is 6.38. The number of alkyl carbamates (subject to hydrolysis) is 1. The fourth-order valence-electron chi connectivity index (χ4n) is 2.53. The molecule has 8 nitrogen and oxygen atoms in total. The van der Waals surface area contributed by atoms with Crippen LogP contribution in [-0.2, 0) is 9.53 Å². The third-order valence-corrected chi connectivity index (χ3v) is 4.02. The Morgan fingerprint density at radius 3 is 2.50 bits per heavy atom. The van der Waals surface area contributed by atoms with Gasteiger partial charge in [-0.15, -0.1) is 0 Å². The van der Waals surface area contributed by atoms with Gasteiger partial charge in [0, 0.05) is 29.4 Å². The molecule has 2 aromatic carbocycles. The van der Waals surface area contributed by atoms with Crippen molar-refractivity contribution in [1.82, 2.24) is 10.3 Å². The minimum atomic E-state index is -0.576. The van der Waals surface area contributed by atoms with E-state index >= 15 is 0 Å². The molecule has 0 aliphatic rings. The van der Waals surface area contributed by atoms with Gasteiger partial charge in [0.15, 0.2) is 5.58 Å². The van der Waals surface area contributed by atoms with Crippen LogP contribution < -0.4 is 16.0 Å². The Bertz CT molecular complexity index is 1040. The molecule has 2 amide bonds. The van der Waals surface area contributed by atoms with Crippen LogP contribution in [0.5, 0.6) is 0 Å². The number of carbonyl (C=O) groups excluding carboxylic acids is 2. The second-order valence-electron chi connectivity index (χ2n) is 7.56. The van der Waals surface area contributed by atoms with Crippen LogP contribution >= 0.6 is 11.6 Å². The lowest BCUT2D eigenvalue weighted by Gasteiger charge is -2.19. The first-order chi connectivity index (χ1) is 14.2. The Morgan fingerprint density at radius 1 is 1.10 bits per heavy atom. The number of aromatic nitrogens is 1. The van der Waals surface area contributed by atoms with E-state index in [9.17, 15) is 9.59 Å². The number of carbonyl (C=O) groups is 2. The molecule has 0 aliphatic carbocycles. The number of fused-ring (bicyclic) bond motifs is 1. The molecule has 0 spiro atoms. The van der Waals surface area contributed by atoms with E-state index in [1.165, 1.54) is 0 Å². The Kier molecular flexibility index (Phi) is 6.47. The molecule has 0 fully saturated rings. The van der Waals surface area contributed by atoms with Crippen molar-refractivity contribution in [3.05, 3.63) is 47.5 Å². The summed E-state index contributed by atoms with van der Waals surface area (Å²) in [6.07, 6.45) is -0.419. The maximum absolute atomic E-state index is 12.0. The molecule has 9 heteroatoms. The molecule has 30 heavy (non-hydrogen) atoms. The van der Waals surface area contributed by atoms with E-state index in [0.29, 0.717) is 27.8 Å². The maximum Gasteiger partial charge on any atom is 0.407 e. The summed E-state index contributed by atoms with van der Waals surface area (Å²) in [5.74, 6) is -0.220. The van der Waals surface area contributed by atoms with Crippen LogP contribution in [0.3, 0.4) is 0 Å². The van der Waals surface area contributed by atoms with Crippen LogP contribution in [0.1, 0.15) is 27.2 Å². The SMILES string of the molecule is CC(C)(C)OC(=O)NCCC(=O)Nc1ccc(Nc2nc3cc(Cl)ccc3o2)cc1. The fraction of sp³-hybridized carbons (Fsp3) is 0.286. The van der Waals surface area contributed by atoms with Crippen molar-refractivity contribution in [2.24, 2.45) is 0 Å². The molecule has 0 saturated carbocycles. The second-order valence-corrected chi connectivity index (χ2v) is 8.00. The van der Waals surface area contributed by atoms with Crippen molar-refractivity contribution in [3.63, 3.8) is 0 Å². The number of nitrogens with zero attached hydrogens (tertiary/aromatic N) is 1. The molecule has 3 N–H and O–H groups in total. The van der Waals surface area contributed by atoms with Crippen molar-refractivity contribution in [2.45, 2.75) is 32.8 Å². The molecule has 0 atom stereocenters. The number of benzene rings is 2. The minimum Gasteiger partial charge on any atom is -0.444 e. The van der Waals surface area contributed by atoms with Gasteiger partial charge in [0.25, 0.3) is 6.01 Å². The van der Waals surface area contributed by atoms with Gasteiger partial charge < -0.3 is 25.1 Å². The second kappa shape index (κ2) is 9.04. The normalized spacial score (nSPS) is 11.2. The highest BCUT2D eigenvalue weighted by atomic mass is 35.5. The van der Waals surface area contributed by atoms with Gasteiger partial charge in [-0.3, -0.25) is 4.79 Å². The molecule has 0 bridgehead atoms. The van der Waals surface area contributed by atoms with E-state index in [4.69, 9.17) is 20.8 Å². The van der Waals surface area contributed by atoms with Gasteiger partial charge in [0.1, 0.15) is 11.1 Å². The van der Waals surface area contributed by atoms with Gasteiger partial charge in [0.05, 0.1) is 0 Å². The number of anilines is 3. The van der Waals surface area contributed by atoms with Gasteiger partial charge in [-0.25, -0.2) is 4.79 Å². The van der Waals surface area contributed by atoms with E-state index < -0.39 is 11.7 Å². The Hall–Kier alpha value is -3.26. The number of ether oxygens (including phenoxy) is 1. The highest BCUT2D eigenvalue weighted by molar-refractivity contribution is 6.31. The maximum atomic E-state index is 12.0. The van der Waals surface area contributed by atoms with Crippen LogP contribution in [0.15, 0.2) is 46.9 Å². The standard InChI is InChI=1S/C21H23ClN4O4/c1-21(2,3)30-20(28)23-11-10-18(27)24-14-5-7-15(8-6-14)25-19-26-16-12-13(22)4-9-17(16)29-19/h4-9,12H,10-11H2,1-3H3,(H,23,28)(H,24,27)(H,25,26). The lowest BCUT2D eigenvalue weighted by molar-refractivity contribution is -0.116. The molecule has 0 radical (unpaired) electrons. The van der Waals surface area contributed by atoms with E-state index in [1.807, 2.05) is 0 Å². The van der Waals surface area contributed by atoms with E-state index in [0.717, 1.165) is 5.69 Å². The molecule has 1 aromatic heterocycles. The van der Waals surface area contributed by atoms with Gasteiger partial charge in [-0.1, -0.05) is 11.6 Å². The predicted octanol–water partition coefficient (Wildman–Crippen LogP) is 5.08. The smallest absolute Gasteiger partial charge is 0.407 e. The topological polar surface area (TPSA) is 105 Å². The molecular formula is C21H23ClN4O4. The first kappa shape index (κ1) is 21.4. The average Bonchev–Trinajstić information content (AvgIpc) is 3.03. The zero-order valence-corrected chi connectivity index (χ0v) is 17.7. The zero-order chi connectivity index (χ0) is 21.7. The summed E-state index contributed by atoms with van der Waals surface area (Å²) in [5.41, 5.74) is 2.09. The van der Waals surface area contributed by atoms with Gasteiger partial charge in [-0.2, -0.15) is 4.98 Å². The Morgan fingerprint density at radius 2 is 1.80 bits per heavy atom. The minimum absolute atomic E-state index is 0.130. The number of hydrogen-bond donors (Lipinski definition) is 3. The van der Waals surface area contributed by atoms with E-state index in [2.05, 4.69) is 20.9 Å². The number of oxazole rings is 1. The molecule has 0 saturated heterocycles. The summed E-state index contributed by atoms with van der Waals surface area (Å²) < 4.78 is 10.7. The monoisotopic (exact) mass is 430 g/mol. The first-order valence-electron chi connectivity index (χ1n) is 9.38. The van der Waals surface area contributed by atoms with Crippen molar-refractivity contribution in [2.75, 3.05) is 17.2 Å². The highest BCUT2D eigenvalue weighted by Gasteiger charge is 2.16. The number of halogens is 1. The summed E-state index contributed by atoms with van der Waals surface area (Å²) in [6.45, 7) is 5.51. The lowest BCUT2D eigenvalue weighted by atomic mass is 10.2. The summed E-state index contributed by atoms with van der Waals surface area (Å²) >= 11 is 5.96. The summed E-state index contributed by atoms with van der Waals surface area (Å²) in [7, 11) is 0. The van der Waals surface area contributed by atoms with Crippen molar-refractivity contribution in [1.29, 1.82) is 0 Å². The van der Waals surface area contributed by atoms with Crippen LogP contribution in [0.25, 0.3) is 11.1 Å². The Labute approximate surface area is 178 Å². The number of amides is 2. The lowest BCUT2D eigenvalue weighted by Crippen LogP contribution is -2.34. The molecule has 0 aliphatic heterocycles. The van der Waals surface area contributed by atoms with Crippen LogP contribution in [0, 0.1) is 0 Å². The van der Waals surface area contributed by atoms with Crippen LogP contribution in [0.2, 0.25) is 5.02 Å². The summed E-state index contributed by atoms with van der Waals surface area (Å²) in [5, 5.41) is 8.97. The van der Waals surface area contributed by atoms with Crippen molar-refractivity contribution in [3.8, 4) is 0 Å². The van der Waals surface area contributed by atoms with Gasteiger partial charge in [-0.05, 0) is 63.2 Å². The highest BCUT2D eigenvalue weighted by Crippen LogP contribution is 2.25.